The van der Waals surface area contributed by atoms with E-state index in [-0.39, 0.29) is 0 Å². The van der Waals surface area contributed by atoms with Gasteiger partial charge in [-0.25, -0.2) is 4.98 Å². The molecule has 3 aliphatic heterocycles. The van der Waals surface area contributed by atoms with Crippen molar-refractivity contribution in [3.8, 4) is 22.8 Å². The van der Waals surface area contributed by atoms with Crippen LogP contribution in [0.5, 0.6) is 11.6 Å². The SMILES string of the molecule is COc1ccc(-c2ccc3c(c2)COC2(CCN(CCC4CCOCC4)CC2)O3)cn1. The molecule has 1 aromatic heterocycles. The summed E-state index contributed by atoms with van der Waals surface area (Å²) in [6.07, 6.45) is 7.39. The molecule has 6 nitrogen and oxygen atoms in total. The van der Waals surface area contributed by atoms with E-state index in [0.717, 1.165) is 67.5 Å². The van der Waals surface area contributed by atoms with E-state index in [4.69, 9.17) is 18.9 Å². The Morgan fingerprint density at radius 2 is 1.90 bits per heavy atom. The number of fused-ring (bicyclic) bond motifs is 1. The molecule has 5 rings (SSSR count). The lowest BCUT2D eigenvalue weighted by Gasteiger charge is -2.44. The first-order valence-electron chi connectivity index (χ1n) is 11.5. The van der Waals surface area contributed by atoms with Crippen molar-refractivity contribution in [2.75, 3.05) is 40.0 Å². The average molecular weight is 425 g/mol. The summed E-state index contributed by atoms with van der Waals surface area (Å²) in [5.74, 6) is 1.93. The van der Waals surface area contributed by atoms with Gasteiger partial charge in [-0.2, -0.15) is 0 Å². The Bertz CT molecular complexity index is 872. The molecule has 0 aliphatic carbocycles. The van der Waals surface area contributed by atoms with E-state index in [9.17, 15) is 0 Å². The summed E-state index contributed by atoms with van der Waals surface area (Å²) in [6, 6.07) is 10.2. The molecule has 0 N–H and O–H groups in total. The topological polar surface area (TPSA) is 53.1 Å². The minimum atomic E-state index is -0.467. The highest BCUT2D eigenvalue weighted by Crippen LogP contribution is 2.39. The Morgan fingerprint density at radius 3 is 2.65 bits per heavy atom. The van der Waals surface area contributed by atoms with E-state index in [1.54, 1.807) is 7.11 Å². The van der Waals surface area contributed by atoms with Gasteiger partial charge in [-0.05, 0) is 55.5 Å². The Hall–Kier alpha value is -2.15. The Labute approximate surface area is 184 Å². The standard InChI is InChI=1S/C25H32N2O4/c1-28-24-5-3-21(17-26-24)20-2-4-23-22(16-20)18-30-25(31-23)9-12-27(13-10-25)11-6-19-7-14-29-15-8-19/h2-5,16-17,19H,6-15,18H2,1H3. The van der Waals surface area contributed by atoms with Crippen molar-refractivity contribution in [1.29, 1.82) is 0 Å². The predicted octanol–water partition coefficient (Wildman–Crippen LogP) is 4.28. The minimum absolute atomic E-state index is 0.467. The maximum absolute atomic E-state index is 6.43. The summed E-state index contributed by atoms with van der Waals surface area (Å²) < 4.78 is 23.4. The lowest BCUT2D eigenvalue weighted by atomic mass is 9.95. The molecule has 1 aromatic carbocycles. The lowest BCUT2D eigenvalue weighted by molar-refractivity contribution is -0.228. The highest BCUT2D eigenvalue weighted by atomic mass is 16.7. The zero-order valence-corrected chi connectivity index (χ0v) is 18.3. The van der Waals surface area contributed by atoms with Crippen molar-refractivity contribution in [2.45, 2.75) is 44.5 Å². The lowest BCUT2D eigenvalue weighted by Crippen LogP contribution is -2.51. The second kappa shape index (κ2) is 9.15. The third-order valence-corrected chi connectivity index (χ3v) is 6.94. The number of aromatic nitrogens is 1. The first-order chi connectivity index (χ1) is 15.2. The van der Waals surface area contributed by atoms with Gasteiger partial charge < -0.3 is 23.8 Å². The number of pyridine rings is 1. The molecule has 166 valence electrons. The van der Waals surface area contributed by atoms with Crippen LogP contribution in [0.1, 0.15) is 37.7 Å². The molecule has 6 heteroatoms. The molecule has 2 aromatic rings. The number of piperidine rings is 1. The largest absolute Gasteiger partial charge is 0.481 e. The molecular formula is C25H32N2O4. The third kappa shape index (κ3) is 4.71. The molecule has 3 aliphatic rings. The van der Waals surface area contributed by atoms with Gasteiger partial charge in [-0.3, -0.25) is 0 Å². The van der Waals surface area contributed by atoms with Crippen LogP contribution in [0.4, 0.5) is 0 Å². The monoisotopic (exact) mass is 424 g/mol. The fourth-order valence-corrected chi connectivity index (χ4v) is 4.85. The van der Waals surface area contributed by atoms with Crippen LogP contribution in [0, 0.1) is 5.92 Å². The van der Waals surface area contributed by atoms with E-state index in [2.05, 4.69) is 28.1 Å². The maximum atomic E-state index is 6.43. The maximum Gasteiger partial charge on any atom is 0.213 e. The summed E-state index contributed by atoms with van der Waals surface area (Å²) in [7, 11) is 1.63. The van der Waals surface area contributed by atoms with Crippen LogP contribution in [0.3, 0.4) is 0 Å². The Balaban J connectivity index is 1.18. The van der Waals surface area contributed by atoms with E-state index in [1.165, 1.54) is 25.8 Å². The van der Waals surface area contributed by atoms with Gasteiger partial charge in [0.25, 0.3) is 0 Å². The van der Waals surface area contributed by atoms with E-state index >= 15 is 0 Å². The molecule has 0 bridgehead atoms. The van der Waals surface area contributed by atoms with E-state index in [0.29, 0.717) is 12.5 Å². The van der Waals surface area contributed by atoms with E-state index < -0.39 is 5.79 Å². The van der Waals surface area contributed by atoms with Crippen molar-refractivity contribution < 1.29 is 18.9 Å². The molecule has 4 heterocycles. The molecule has 1 spiro atoms. The van der Waals surface area contributed by atoms with Gasteiger partial charge in [0.05, 0.1) is 13.7 Å². The molecule has 0 unspecified atom stereocenters. The van der Waals surface area contributed by atoms with Crippen LogP contribution in [0.25, 0.3) is 11.1 Å². The number of hydrogen-bond acceptors (Lipinski definition) is 6. The summed E-state index contributed by atoms with van der Waals surface area (Å²) in [5.41, 5.74) is 3.27. The first-order valence-corrected chi connectivity index (χ1v) is 11.5. The van der Waals surface area contributed by atoms with Gasteiger partial charge in [0.15, 0.2) is 0 Å². The molecule has 0 atom stereocenters. The highest BCUT2D eigenvalue weighted by Gasteiger charge is 2.40. The van der Waals surface area contributed by atoms with Crippen LogP contribution >= 0.6 is 0 Å². The second-order valence-corrected chi connectivity index (χ2v) is 8.90. The molecule has 0 saturated carbocycles. The second-order valence-electron chi connectivity index (χ2n) is 8.90. The van der Waals surface area contributed by atoms with Crippen LogP contribution in [0.2, 0.25) is 0 Å². The molecular weight excluding hydrogens is 392 g/mol. The number of methoxy groups -OCH3 is 1. The van der Waals surface area contributed by atoms with Crippen molar-refractivity contribution >= 4 is 0 Å². The molecule has 2 fully saturated rings. The highest BCUT2D eigenvalue weighted by molar-refractivity contribution is 5.65. The quantitative estimate of drug-likeness (QED) is 0.714. The number of ether oxygens (including phenoxy) is 4. The van der Waals surface area contributed by atoms with Crippen LogP contribution in [0.15, 0.2) is 36.5 Å². The molecule has 0 amide bonds. The van der Waals surface area contributed by atoms with Crippen molar-refractivity contribution in [3.05, 3.63) is 42.1 Å². The zero-order valence-electron chi connectivity index (χ0n) is 18.3. The number of benzene rings is 1. The fourth-order valence-electron chi connectivity index (χ4n) is 4.85. The van der Waals surface area contributed by atoms with Crippen molar-refractivity contribution in [1.82, 2.24) is 9.88 Å². The summed E-state index contributed by atoms with van der Waals surface area (Å²) in [6.45, 7) is 5.71. The predicted molar refractivity (Wildman–Crippen MR) is 118 cm³/mol. The third-order valence-electron chi connectivity index (χ3n) is 6.94. The van der Waals surface area contributed by atoms with Crippen molar-refractivity contribution in [2.24, 2.45) is 5.92 Å². The summed E-state index contributed by atoms with van der Waals surface area (Å²) in [5, 5.41) is 0. The average Bonchev–Trinajstić information content (AvgIpc) is 2.84. The van der Waals surface area contributed by atoms with Gasteiger partial charge in [-0.1, -0.05) is 6.07 Å². The van der Waals surface area contributed by atoms with Gasteiger partial charge >= 0.3 is 0 Å². The Kier molecular flexibility index (Phi) is 6.12. The summed E-state index contributed by atoms with van der Waals surface area (Å²) in [4.78, 5) is 6.88. The zero-order chi connectivity index (χ0) is 21.1. The smallest absolute Gasteiger partial charge is 0.213 e. The van der Waals surface area contributed by atoms with Crippen molar-refractivity contribution in [3.63, 3.8) is 0 Å². The minimum Gasteiger partial charge on any atom is -0.481 e. The normalized spacial score (nSPS) is 21.5. The number of hydrogen-bond donors (Lipinski definition) is 0. The van der Waals surface area contributed by atoms with Gasteiger partial charge in [0, 0.05) is 62.5 Å². The van der Waals surface area contributed by atoms with Gasteiger partial charge in [0.2, 0.25) is 11.7 Å². The number of rotatable bonds is 5. The molecule has 2 saturated heterocycles. The van der Waals surface area contributed by atoms with Crippen LogP contribution < -0.4 is 9.47 Å². The first kappa shape index (κ1) is 20.7. The van der Waals surface area contributed by atoms with E-state index in [1.807, 2.05) is 18.3 Å². The number of nitrogens with zero attached hydrogens (tertiary/aromatic N) is 2. The molecule has 31 heavy (non-hydrogen) atoms. The van der Waals surface area contributed by atoms with Gasteiger partial charge in [0.1, 0.15) is 5.75 Å². The van der Waals surface area contributed by atoms with Gasteiger partial charge in [-0.15, -0.1) is 0 Å². The Morgan fingerprint density at radius 1 is 1.10 bits per heavy atom. The summed E-state index contributed by atoms with van der Waals surface area (Å²) >= 11 is 0. The fraction of sp³-hybridized carbons (Fsp3) is 0.560. The van der Waals surface area contributed by atoms with Crippen LogP contribution in [-0.2, 0) is 16.1 Å². The van der Waals surface area contributed by atoms with Crippen LogP contribution in [-0.4, -0.2) is 55.6 Å². The molecule has 0 radical (unpaired) electrons. The number of likely N-dealkylation sites (tertiary alicyclic amines) is 1.